The standard InChI is InChI=1S/C15H20ClNO2/c16-13-5-3-12(4-6-13)9-10-17-15(18)8-7-14-2-1-11-19-14/h3-6,14H,1-2,7-11H2,(H,17,18). The molecule has 1 heterocycles. The zero-order valence-electron chi connectivity index (χ0n) is 11.0. The van der Waals surface area contributed by atoms with Crippen LogP contribution in [-0.4, -0.2) is 25.2 Å². The number of nitrogens with one attached hydrogen (secondary N) is 1. The Hall–Kier alpha value is -1.06. The van der Waals surface area contributed by atoms with Crippen molar-refractivity contribution >= 4 is 17.5 Å². The maximum absolute atomic E-state index is 11.7. The van der Waals surface area contributed by atoms with E-state index in [-0.39, 0.29) is 5.91 Å². The van der Waals surface area contributed by atoms with Crippen LogP contribution < -0.4 is 5.32 Å². The van der Waals surface area contributed by atoms with E-state index in [1.54, 1.807) is 0 Å². The quantitative estimate of drug-likeness (QED) is 0.871. The summed E-state index contributed by atoms with van der Waals surface area (Å²) in [6.07, 6.45) is 4.75. The van der Waals surface area contributed by atoms with Crippen LogP contribution in [-0.2, 0) is 16.0 Å². The third kappa shape index (κ3) is 5.21. The van der Waals surface area contributed by atoms with Gasteiger partial charge in [0.2, 0.25) is 5.91 Å². The third-order valence-corrected chi connectivity index (χ3v) is 3.62. The van der Waals surface area contributed by atoms with E-state index in [9.17, 15) is 4.79 Å². The van der Waals surface area contributed by atoms with E-state index < -0.39 is 0 Å². The van der Waals surface area contributed by atoms with E-state index in [1.807, 2.05) is 24.3 Å². The molecule has 0 saturated carbocycles. The Morgan fingerprint density at radius 2 is 2.16 bits per heavy atom. The molecule has 1 amide bonds. The van der Waals surface area contributed by atoms with E-state index in [4.69, 9.17) is 16.3 Å². The lowest BCUT2D eigenvalue weighted by atomic mass is 10.1. The molecule has 0 bridgehead atoms. The van der Waals surface area contributed by atoms with Gasteiger partial charge in [-0.2, -0.15) is 0 Å². The highest BCUT2D eigenvalue weighted by atomic mass is 35.5. The van der Waals surface area contributed by atoms with Crippen molar-refractivity contribution in [1.82, 2.24) is 5.32 Å². The van der Waals surface area contributed by atoms with Gasteiger partial charge in [-0.05, 0) is 43.4 Å². The van der Waals surface area contributed by atoms with E-state index in [0.717, 1.165) is 37.3 Å². The molecule has 1 unspecified atom stereocenters. The number of carbonyl (C=O) groups excluding carboxylic acids is 1. The summed E-state index contributed by atoms with van der Waals surface area (Å²) in [5.74, 6) is 0.115. The molecule has 0 aromatic heterocycles. The number of rotatable bonds is 6. The van der Waals surface area contributed by atoms with Gasteiger partial charge < -0.3 is 10.1 Å². The minimum Gasteiger partial charge on any atom is -0.378 e. The molecular weight excluding hydrogens is 262 g/mol. The Morgan fingerprint density at radius 3 is 2.84 bits per heavy atom. The topological polar surface area (TPSA) is 38.3 Å². The van der Waals surface area contributed by atoms with Crippen molar-refractivity contribution in [2.24, 2.45) is 0 Å². The summed E-state index contributed by atoms with van der Waals surface area (Å²) in [5, 5.41) is 3.68. The van der Waals surface area contributed by atoms with E-state index in [0.29, 0.717) is 19.1 Å². The van der Waals surface area contributed by atoms with Gasteiger partial charge in [-0.15, -0.1) is 0 Å². The largest absolute Gasteiger partial charge is 0.378 e. The number of ether oxygens (including phenoxy) is 1. The van der Waals surface area contributed by atoms with Crippen LogP contribution in [0.2, 0.25) is 5.02 Å². The first-order valence-electron chi connectivity index (χ1n) is 6.87. The van der Waals surface area contributed by atoms with Crippen LogP contribution in [0.1, 0.15) is 31.2 Å². The van der Waals surface area contributed by atoms with Crippen LogP contribution in [0, 0.1) is 0 Å². The van der Waals surface area contributed by atoms with E-state index in [1.165, 1.54) is 5.56 Å². The number of benzene rings is 1. The first-order chi connectivity index (χ1) is 9.24. The summed E-state index contributed by atoms with van der Waals surface area (Å²) >= 11 is 5.82. The fraction of sp³-hybridized carbons (Fsp3) is 0.533. The molecule has 1 aromatic rings. The van der Waals surface area contributed by atoms with Crippen molar-refractivity contribution in [3.05, 3.63) is 34.9 Å². The molecule has 1 aliphatic heterocycles. The van der Waals surface area contributed by atoms with Crippen LogP contribution >= 0.6 is 11.6 Å². The normalized spacial score (nSPS) is 18.5. The Kier molecular flexibility index (Phi) is 5.67. The predicted molar refractivity (Wildman–Crippen MR) is 76.4 cm³/mol. The highest BCUT2D eigenvalue weighted by Crippen LogP contribution is 2.16. The van der Waals surface area contributed by atoms with Gasteiger partial charge in [0.25, 0.3) is 0 Å². The molecule has 1 aliphatic rings. The number of hydrogen-bond donors (Lipinski definition) is 1. The molecule has 0 spiro atoms. The Morgan fingerprint density at radius 1 is 1.37 bits per heavy atom. The lowest BCUT2D eigenvalue weighted by Gasteiger charge is -2.09. The van der Waals surface area contributed by atoms with Crippen LogP contribution in [0.4, 0.5) is 0 Å². The molecule has 0 radical (unpaired) electrons. The SMILES string of the molecule is O=C(CCC1CCCO1)NCCc1ccc(Cl)cc1. The average molecular weight is 282 g/mol. The van der Waals surface area contributed by atoms with Gasteiger partial charge >= 0.3 is 0 Å². The zero-order chi connectivity index (χ0) is 13.5. The number of hydrogen-bond acceptors (Lipinski definition) is 2. The monoisotopic (exact) mass is 281 g/mol. The van der Waals surface area contributed by atoms with Gasteiger partial charge in [0, 0.05) is 24.6 Å². The second kappa shape index (κ2) is 7.51. The highest BCUT2D eigenvalue weighted by molar-refractivity contribution is 6.30. The Balaban J connectivity index is 1.59. The van der Waals surface area contributed by atoms with E-state index in [2.05, 4.69) is 5.32 Å². The molecule has 104 valence electrons. The lowest BCUT2D eigenvalue weighted by Crippen LogP contribution is -2.26. The minimum absolute atomic E-state index is 0.115. The van der Waals surface area contributed by atoms with Crippen LogP contribution in [0.15, 0.2) is 24.3 Å². The lowest BCUT2D eigenvalue weighted by molar-refractivity contribution is -0.121. The van der Waals surface area contributed by atoms with Gasteiger partial charge in [-0.25, -0.2) is 0 Å². The molecule has 19 heavy (non-hydrogen) atoms. The number of amides is 1. The summed E-state index contributed by atoms with van der Waals surface area (Å²) in [6, 6.07) is 7.72. The molecule has 4 heteroatoms. The number of carbonyl (C=O) groups is 1. The van der Waals surface area contributed by atoms with Crippen molar-refractivity contribution in [1.29, 1.82) is 0 Å². The van der Waals surface area contributed by atoms with Crippen molar-refractivity contribution < 1.29 is 9.53 Å². The molecule has 1 N–H and O–H groups in total. The summed E-state index contributed by atoms with van der Waals surface area (Å²) in [6.45, 7) is 1.52. The summed E-state index contributed by atoms with van der Waals surface area (Å²) in [5.41, 5.74) is 1.18. The number of halogens is 1. The average Bonchev–Trinajstić information content (AvgIpc) is 2.92. The third-order valence-electron chi connectivity index (χ3n) is 3.37. The Labute approximate surface area is 119 Å². The van der Waals surface area contributed by atoms with Crippen LogP contribution in [0.3, 0.4) is 0 Å². The molecule has 1 saturated heterocycles. The smallest absolute Gasteiger partial charge is 0.220 e. The van der Waals surface area contributed by atoms with Gasteiger partial charge in [0.05, 0.1) is 6.10 Å². The van der Waals surface area contributed by atoms with E-state index >= 15 is 0 Å². The molecule has 0 aliphatic carbocycles. The van der Waals surface area contributed by atoms with Gasteiger partial charge in [0.1, 0.15) is 0 Å². The summed E-state index contributed by atoms with van der Waals surface area (Å²) < 4.78 is 5.50. The molecule has 2 rings (SSSR count). The maximum Gasteiger partial charge on any atom is 0.220 e. The molecular formula is C15H20ClNO2. The second-order valence-corrected chi connectivity index (χ2v) is 5.34. The maximum atomic E-state index is 11.7. The predicted octanol–water partition coefficient (Wildman–Crippen LogP) is 2.96. The highest BCUT2D eigenvalue weighted by Gasteiger charge is 2.16. The molecule has 1 aromatic carbocycles. The fourth-order valence-corrected chi connectivity index (χ4v) is 2.38. The zero-order valence-corrected chi connectivity index (χ0v) is 11.8. The van der Waals surface area contributed by atoms with Gasteiger partial charge in [-0.3, -0.25) is 4.79 Å². The van der Waals surface area contributed by atoms with Crippen molar-refractivity contribution in [2.75, 3.05) is 13.2 Å². The van der Waals surface area contributed by atoms with Crippen LogP contribution in [0.25, 0.3) is 0 Å². The Bertz CT molecular complexity index is 399. The van der Waals surface area contributed by atoms with Crippen molar-refractivity contribution in [2.45, 2.75) is 38.2 Å². The summed E-state index contributed by atoms with van der Waals surface area (Å²) in [7, 11) is 0. The molecule has 3 nitrogen and oxygen atoms in total. The minimum atomic E-state index is 0.115. The second-order valence-electron chi connectivity index (χ2n) is 4.90. The van der Waals surface area contributed by atoms with Crippen molar-refractivity contribution in [3.63, 3.8) is 0 Å². The first kappa shape index (κ1) is 14.4. The molecule has 1 atom stereocenters. The molecule has 1 fully saturated rings. The van der Waals surface area contributed by atoms with Crippen LogP contribution in [0.5, 0.6) is 0 Å². The first-order valence-corrected chi connectivity index (χ1v) is 7.24. The van der Waals surface area contributed by atoms with Gasteiger partial charge in [-0.1, -0.05) is 23.7 Å². The fourth-order valence-electron chi connectivity index (χ4n) is 2.25. The van der Waals surface area contributed by atoms with Crippen molar-refractivity contribution in [3.8, 4) is 0 Å². The summed E-state index contributed by atoms with van der Waals surface area (Å²) in [4.78, 5) is 11.7. The van der Waals surface area contributed by atoms with Gasteiger partial charge in [0.15, 0.2) is 0 Å².